The Hall–Kier alpha value is -2.07. The van der Waals surface area contributed by atoms with E-state index in [4.69, 9.17) is 23.9 Å². The van der Waals surface area contributed by atoms with Gasteiger partial charge in [0, 0.05) is 18.7 Å². The number of hydrogen-bond donors (Lipinski definition) is 1. The Labute approximate surface area is 192 Å². The predicted molar refractivity (Wildman–Crippen MR) is 125 cm³/mol. The summed E-state index contributed by atoms with van der Waals surface area (Å²) in [6.45, 7) is 10.6. The Bertz CT molecular complexity index is 1110. The molecule has 0 aromatic carbocycles. The summed E-state index contributed by atoms with van der Waals surface area (Å²) in [5.41, 5.74) is 3.28. The lowest BCUT2D eigenvalue weighted by atomic mass is 9.98. The molecule has 2 saturated heterocycles. The predicted octanol–water partition coefficient (Wildman–Crippen LogP) is 4.01. The zero-order valence-electron chi connectivity index (χ0n) is 19.2. The average Bonchev–Trinajstić information content (AvgIpc) is 3.36. The fourth-order valence-corrected chi connectivity index (χ4v) is 5.57. The fourth-order valence-electron chi connectivity index (χ4n) is 4.57. The largest absolute Gasteiger partial charge is 0.386 e. The highest BCUT2D eigenvalue weighted by Gasteiger charge is 2.30. The minimum absolute atomic E-state index is 0.0830. The van der Waals surface area contributed by atoms with Crippen LogP contribution in [0.2, 0.25) is 0 Å². The highest BCUT2D eigenvalue weighted by Crippen LogP contribution is 2.40. The number of morpholine rings is 1. The van der Waals surface area contributed by atoms with Gasteiger partial charge in [-0.05, 0) is 70.6 Å². The van der Waals surface area contributed by atoms with Crippen molar-refractivity contribution >= 4 is 27.6 Å². The SMILES string of the molecule is Cc1cc(-c2nsc3c(C(C)(C)O)cc(N4CCOCC4C)nc23)n(C2CCCCO2)n1. The molecule has 0 radical (unpaired) electrons. The maximum Gasteiger partial charge on any atom is 0.150 e. The summed E-state index contributed by atoms with van der Waals surface area (Å²) in [6, 6.07) is 4.28. The van der Waals surface area contributed by atoms with Gasteiger partial charge in [-0.25, -0.2) is 9.67 Å². The van der Waals surface area contributed by atoms with Gasteiger partial charge in [0.25, 0.3) is 0 Å². The quantitative estimate of drug-likeness (QED) is 0.633. The van der Waals surface area contributed by atoms with Crippen molar-refractivity contribution in [3.05, 3.63) is 23.4 Å². The Kier molecular flexibility index (Phi) is 5.69. The van der Waals surface area contributed by atoms with Crippen LogP contribution in [-0.4, -0.2) is 56.7 Å². The topological polar surface area (TPSA) is 85.5 Å². The normalized spacial score (nSPS) is 22.6. The number of aromatic nitrogens is 4. The molecular weight excluding hydrogens is 426 g/mol. The van der Waals surface area contributed by atoms with Crippen LogP contribution < -0.4 is 4.90 Å². The number of pyridine rings is 1. The molecule has 32 heavy (non-hydrogen) atoms. The van der Waals surface area contributed by atoms with Gasteiger partial charge in [-0.2, -0.15) is 9.47 Å². The molecule has 0 saturated carbocycles. The van der Waals surface area contributed by atoms with Crippen molar-refractivity contribution in [3.63, 3.8) is 0 Å². The number of aryl methyl sites for hydroxylation is 1. The number of hydrogen-bond acceptors (Lipinski definition) is 8. The first-order chi connectivity index (χ1) is 15.3. The first-order valence-electron chi connectivity index (χ1n) is 11.4. The van der Waals surface area contributed by atoms with Crippen LogP contribution in [0.25, 0.3) is 21.6 Å². The van der Waals surface area contributed by atoms with Crippen LogP contribution >= 0.6 is 11.5 Å². The van der Waals surface area contributed by atoms with Gasteiger partial charge in [0.05, 0.1) is 40.9 Å². The number of nitrogens with zero attached hydrogens (tertiary/aromatic N) is 5. The molecule has 0 aliphatic carbocycles. The van der Waals surface area contributed by atoms with Crippen LogP contribution in [0.3, 0.4) is 0 Å². The van der Waals surface area contributed by atoms with E-state index in [9.17, 15) is 5.11 Å². The monoisotopic (exact) mass is 457 g/mol. The van der Waals surface area contributed by atoms with Crippen LogP contribution in [0.5, 0.6) is 0 Å². The molecule has 8 nitrogen and oxygen atoms in total. The number of rotatable bonds is 4. The van der Waals surface area contributed by atoms with E-state index in [1.165, 1.54) is 11.5 Å². The molecule has 3 aromatic rings. The first kappa shape index (κ1) is 21.8. The van der Waals surface area contributed by atoms with Crippen LogP contribution in [0.15, 0.2) is 12.1 Å². The molecule has 2 fully saturated rings. The summed E-state index contributed by atoms with van der Waals surface area (Å²) in [6.07, 6.45) is 3.07. The van der Waals surface area contributed by atoms with E-state index in [2.05, 4.69) is 17.9 Å². The van der Waals surface area contributed by atoms with Gasteiger partial charge in [0.1, 0.15) is 17.0 Å². The zero-order chi connectivity index (χ0) is 22.5. The highest BCUT2D eigenvalue weighted by molar-refractivity contribution is 7.13. The van der Waals surface area contributed by atoms with E-state index in [0.29, 0.717) is 13.2 Å². The van der Waals surface area contributed by atoms with Crippen molar-refractivity contribution in [2.24, 2.45) is 0 Å². The molecule has 1 N–H and O–H groups in total. The summed E-state index contributed by atoms with van der Waals surface area (Å²) in [5.74, 6) is 0.851. The third-order valence-corrected chi connectivity index (χ3v) is 7.13. The molecule has 172 valence electrons. The van der Waals surface area contributed by atoms with E-state index < -0.39 is 5.60 Å². The molecule has 3 aromatic heterocycles. The Balaban J connectivity index is 1.68. The lowest BCUT2D eigenvalue weighted by Crippen LogP contribution is -2.44. The van der Waals surface area contributed by atoms with E-state index in [-0.39, 0.29) is 12.3 Å². The van der Waals surface area contributed by atoms with E-state index in [1.807, 2.05) is 31.5 Å². The number of ether oxygens (including phenoxy) is 2. The zero-order valence-corrected chi connectivity index (χ0v) is 20.0. The van der Waals surface area contributed by atoms with Gasteiger partial charge >= 0.3 is 0 Å². The summed E-state index contributed by atoms with van der Waals surface area (Å²) in [4.78, 5) is 7.34. The van der Waals surface area contributed by atoms with Crippen molar-refractivity contribution < 1.29 is 14.6 Å². The minimum atomic E-state index is -1.02. The number of aliphatic hydroxyl groups is 1. The first-order valence-corrected chi connectivity index (χ1v) is 12.2. The van der Waals surface area contributed by atoms with Gasteiger partial charge in [-0.3, -0.25) is 0 Å². The maximum absolute atomic E-state index is 11.0. The van der Waals surface area contributed by atoms with Crippen molar-refractivity contribution in [2.75, 3.05) is 31.3 Å². The summed E-state index contributed by atoms with van der Waals surface area (Å²) in [5, 5.41) is 15.7. The molecule has 0 spiro atoms. The minimum Gasteiger partial charge on any atom is -0.386 e. The van der Waals surface area contributed by atoms with Crippen LogP contribution in [-0.2, 0) is 15.1 Å². The van der Waals surface area contributed by atoms with E-state index in [1.54, 1.807) is 0 Å². The number of anilines is 1. The highest BCUT2D eigenvalue weighted by atomic mass is 32.1. The molecule has 2 atom stereocenters. The van der Waals surface area contributed by atoms with Gasteiger partial charge < -0.3 is 19.5 Å². The lowest BCUT2D eigenvalue weighted by Gasteiger charge is -2.35. The summed E-state index contributed by atoms with van der Waals surface area (Å²) < 4.78 is 19.4. The smallest absolute Gasteiger partial charge is 0.150 e. The van der Waals surface area contributed by atoms with Gasteiger partial charge in [-0.1, -0.05) is 0 Å². The molecule has 2 aliphatic heterocycles. The van der Waals surface area contributed by atoms with Crippen molar-refractivity contribution in [1.29, 1.82) is 0 Å². The van der Waals surface area contributed by atoms with Crippen LogP contribution in [0, 0.1) is 6.92 Å². The molecule has 0 bridgehead atoms. The summed E-state index contributed by atoms with van der Waals surface area (Å²) in [7, 11) is 0. The van der Waals surface area contributed by atoms with Crippen molar-refractivity contribution in [2.45, 2.75) is 64.8 Å². The van der Waals surface area contributed by atoms with E-state index >= 15 is 0 Å². The Morgan fingerprint density at radius 2 is 2.06 bits per heavy atom. The standard InChI is InChI=1S/C23H31N5O3S/c1-14-11-17(28(25-14)19-7-5-6-9-31-19)20-21-22(32-26-20)16(23(3,4)29)12-18(24-21)27-8-10-30-13-15(27)2/h11-12,15,19,29H,5-10,13H2,1-4H3. The summed E-state index contributed by atoms with van der Waals surface area (Å²) >= 11 is 1.39. The van der Waals surface area contributed by atoms with Gasteiger partial charge in [-0.15, -0.1) is 0 Å². The Morgan fingerprint density at radius 1 is 1.22 bits per heavy atom. The van der Waals surface area contributed by atoms with Gasteiger partial charge in [0.2, 0.25) is 0 Å². The molecular formula is C23H31N5O3S. The second-order valence-corrected chi connectivity index (χ2v) is 10.1. The molecule has 5 rings (SSSR count). The maximum atomic E-state index is 11.0. The molecule has 5 heterocycles. The second kappa shape index (κ2) is 8.37. The fraction of sp³-hybridized carbons (Fsp3) is 0.609. The van der Waals surface area contributed by atoms with Crippen molar-refractivity contribution in [1.82, 2.24) is 19.1 Å². The van der Waals surface area contributed by atoms with Crippen molar-refractivity contribution in [3.8, 4) is 11.4 Å². The molecule has 9 heteroatoms. The molecule has 0 amide bonds. The third-order valence-electron chi connectivity index (χ3n) is 6.26. The van der Waals surface area contributed by atoms with Crippen LogP contribution in [0.1, 0.15) is 57.5 Å². The molecule has 2 unspecified atom stereocenters. The molecule has 2 aliphatic rings. The van der Waals surface area contributed by atoms with Gasteiger partial charge in [0.15, 0.2) is 6.23 Å². The third kappa shape index (κ3) is 3.91. The lowest BCUT2D eigenvalue weighted by molar-refractivity contribution is -0.0385. The number of fused-ring (bicyclic) bond motifs is 1. The van der Waals surface area contributed by atoms with Crippen LogP contribution in [0.4, 0.5) is 5.82 Å². The second-order valence-electron chi connectivity index (χ2n) is 9.35. The Morgan fingerprint density at radius 3 is 2.78 bits per heavy atom. The van der Waals surface area contributed by atoms with E-state index in [0.717, 1.165) is 71.1 Å². The average molecular weight is 458 g/mol.